The molecule has 0 spiro atoms. The second kappa shape index (κ2) is 7.38. The Labute approximate surface area is 123 Å². The number of hydrogen-bond acceptors (Lipinski definition) is 4. The molecular formula is C15H30N4O. The molecule has 1 N–H and O–H groups in total. The zero-order chi connectivity index (χ0) is 14.5. The second-order valence-corrected chi connectivity index (χ2v) is 6.52. The molecule has 1 amide bonds. The monoisotopic (exact) mass is 282 g/mol. The van der Waals surface area contributed by atoms with Crippen molar-refractivity contribution in [3.8, 4) is 0 Å². The van der Waals surface area contributed by atoms with E-state index < -0.39 is 0 Å². The average Bonchev–Trinajstić information content (AvgIpc) is 2.94. The lowest BCUT2D eigenvalue weighted by atomic mass is 10.0. The van der Waals surface area contributed by atoms with Crippen LogP contribution >= 0.6 is 0 Å². The van der Waals surface area contributed by atoms with Crippen molar-refractivity contribution in [1.82, 2.24) is 20.0 Å². The fourth-order valence-corrected chi connectivity index (χ4v) is 3.18. The molecule has 5 nitrogen and oxygen atoms in total. The van der Waals surface area contributed by atoms with E-state index in [2.05, 4.69) is 41.2 Å². The van der Waals surface area contributed by atoms with Crippen LogP contribution in [0.15, 0.2) is 0 Å². The van der Waals surface area contributed by atoms with E-state index in [1.807, 2.05) is 0 Å². The highest BCUT2D eigenvalue weighted by molar-refractivity contribution is 5.82. The lowest BCUT2D eigenvalue weighted by Crippen LogP contribution is -2.53. The van der Waals surface area contributed by atoms with E-state index >= 15 is 0 Å². The van der Waals surface area contributed by atoms with Gasteiger partial charge in [-0.25, -0.2) is 0 Å². The summed E-state index contributed by atoms with van der Waals surface area (Å²) in [6, 6.07) is 0.498. The van der Waals surface area contributed by atoms with Gasteiger partial charge in [0.05, 0.1) is 6.04 Å². The summed E-state index contributed by atoms with van der Waals surface area (Å²) in [5.74, 6) is 0.332. The van der Waals surface area contributed by atoms with Gasteiger partial charge in [0.2, 0.25) is 5.91 Å². The first-order chi connectivity index (χ1) is 9.58. The number of carbonyl (C=O) groups is 1. The standard InChI is InChI=1S/C15H30N4O/c1-17(2)11-12-19(13-6-9-18(3)10-7-13)15(20)14-5-4-8-16-14/h13-14,16H,4-12H2,1-3H3/t14-/m0/s1. The van der Waals surface area contributed by atoms with Gasteiger partial charge in [-0.1, -0.05) is 0 Å². The fourth-order valence-electron chi connectivity index (χ4n) is 3.18. The first-order valence-corrected chi connectivity index (χ1v) is 7.95. The second-order valence-electron chi connectivity index (χ2n) is 6.52. The van der Waals surface area contributed by atoms with Gasteiger partial charge in [0.1, 0.15) is 0 Å². The van der Waals surface area contributed by atoms with Crippen LogP contribution in [0.4, 0.5) is 0 Å². The molecule has 0 aromatic rings. The van der Waals surface area contributed by atoms with Gasteiger partial charge in [-0.2, -0.15) is 0 Å². The molecule has 116 valence electrons. The van der Waals surface area contributed by atoms with Crippen LogP contribution in [-0.2, 0) is 4.79 Å². The maximum Gasteiger partial charge on any atom is 0.240 e. The Balaban J connectivity index is 1.97. The molecule has 2 heterocycles. The third-order valence-corrected chi connectivity index (χ3v) is 4.56. The summed E-state index contributed by atoms with van der Waals surface area (Å²) in [6.07, 6.45) is 4.36. The molecule has 0 radical (unpaired) electrons. The number of amides is 1. The van der Waals surface area contributed by atoms with Crippen LogP contribution in [0, 0.1) is 0 Å². The number of carbonyl (C=O) groups excluding carboxylic acids is 1. The Morgan fingerprint density at radius 3 is 2.45 bits per heavy atom. The Morgan fingerprint density at radius 1 is 1.20 bits per heavy atom. The minimum absolute atomic E-state index is 0.0665. The smallest absolute Gasteiger partial charge is 0.240 e. The van der Waals surface area contributed by atoms with E-state index in [1.54, 1.807) is 0 Å². The van der Waals surface area contributed by atoms with Crippen molar-refractivity contribution < 1.29 is 4.79 Å². The van der Waals surface area contributed by atoms with Gasteiger partial charge >= 0.3 is 0 Å². The van der Waals surface area contributed by atoms with Gasteiger partial charge < -0.3 is 20.0 Å². The van der Waals surface area contributed by atoms with Crippen LogP contribution < -0.4 is 5.32 Å². The lowest BCUT2D eigenvalue weighted by molar-refractivity contribution is -0.136. The van der Waals surface area contributed by atoms with Crippen LogP contribution in [0.2, 0.25) is 0 Å². The maximum absolute atomic E-state index is 12.8. The molecule has 20 heavy (non-hydrogen) atoms. The van der Waals surface area contributed by atoms with Crippen molar-refractivity contribution in [2.24, 2.45) is 0 Å². The molecule has 2 fully saturated rings. The number of piperidine rings is 1. The lowest BCUT2D eigenvalue weighted by Gasteiger charge is -2.39. The molecule has 2 saturated heterocycles. The number of likely N-dealkylation sites (tertiary alicyclic amines) is 1. The van der Waals surface area contributed by atoms with Crippen molar-refractivity contribution in [2.75, 3.05) is 53.9 Å². The predicted octanol–water partition coefficient (Wildman–Crippen LogP) is 0.223. The van der Waals surface area contributed by atoms with Crippen molar-refractivity contribution in [2.45, 2.75) is 37.8 Å². The molecule has 0 unspecified atom stereocenters. The molecule has 2 aliphatic rings. The Bertz CT molecular complexity index is 307. The van der Waals surface area contributed by atoms with E-state index in [0.29, 0.717) is 11.9 Å². The summed E-state index contributed by atoms with van der Waals surface area (Å²) in [5, 5.41) is 3.36. The summed E-state index contributed by atoms with van der Waals surface area (Å²) >= 11 is 0. The molecular weight excluding hydrogens is 252 g/mol. The molecule has 2 aliphatic heterocycles. The molecule has 0 aromatic carbocycles. The Morgan fingerprint density at radius 2 is 1.90 bits per heavy atom. The highest BCUT2D eigenvalue weighted by atomic mass is 16.2. The summed E-state index contributed by atoms with van der Waals surface area (Å²) in [4.78, 5) is 19.5. The van der Waals surface area contributed by atoms with Gasteiger partial charge in [0.15, 0.2) is 0 Å². The van der Waals surface area contributed by atoms with Crippen molar-refractivity contribution >= 4 is 5.91 Å². The highest BCUT2D eigenvalue weighted by Crippen LogP contribution is 2.18. The third kappa shape index (κ3) is 4.17. The topological polar surface area (TPSA) is 38.8 Å². The number of nitrogens with one attached hydrogen (secondary N) is 1. The van der Waals surface area contributed by atoms with Crippen molar-refractivity contribution in [3.63, 3.8) is 0 Å². The summed E-state index contributed by atoms with van der Waals surface area (Å²) in [7, 11) is 6.32. The van der Waals surface area contributed by atoms with E-state index in [-0.39, 0.29) is 6.04 Å². The van der Waals surface area contributed by atoms with Crippen LogP contribution in [-0.4, -0.2) is 86.6 Å². The minimum atomic E-state index is 0.0665. The average molecular weight is 282 g/mol. The Kier molecular flexibility index (Phi) is 5.81. The first kappa shape index (κ1) is 15.7. The van der Waals surface area contributed by atoms with E-state index in [9.17, 15) is 4.79 Å². The maximum atomic E-state index is 12.8. The summed E-state index contributed by atoms with van der Waals surface area (Å²) in [6.45, 7) is 5.01. The SMILES string of the molecule is CN(C)CCN(C(=O)[C@@H]1CCCN1)C1CCN(C)CC1. The van der Waals surface area contributed by atoms with Crippen LogP contribution in [0.5, 0.6) is 0 Å². The number of likely N-dealkylation sites (N-methyl/N-ethyl adjacent to an activating group) is 1. The third-order valence-electron chi connectivity index (χ3n) is 4.56. The zero-order valence-corrected chi connectivity index (χ0v) is 13.3. The van der Waals surface area contributed by atoms with Crippen molar-refractivity contribution in [3.05, 3.63) is 0 Å². The normalized spacial score (nSPS) is 25.3. The first-order valence-electron chi connectivity index (χ1n) is 7.95. The summed E-state index contributed by atoms with van der Waals surface area (Å²) in [5.41, 5.74) is 0. The number of nitrogens with zero attached hydrogens (tertiary/aromatic N) is 3. The quantitative estimate of drug-likeness (QED) is 0.783. The van der Waals surface area contributed by atoms with Gasteiger partial charge in [-0.05, 0) is 66.5 Å². The molecule has 5 heteroatoms. The Hall–Kier alpha value is -0.650. The predicted molar refractivity (Wildman–Crippen MR) is 81.8 cm³/mol. The molecule has 0 aliphatic carbocycles. The van der Waals surface area contributed by atoms with Gasteiger partial charge in [-0.3, -0.25) is 4.79 Å². The molecule has 1 atom stereocenters. The largest absolute Gasteiger partial charge is 0.337 e. The van der Waals surface area contributed by atoms with Gasteiger partial charge in [-0.15, -0.1) is 0 Å². The highest BCUT2D eigenvalue weighted by Gasteiger charge is 2.32. The van der Waals surface area contributed by atoms with Crippen molar-refractivity contribution in [1.29, 1.82) is 0 Å². The molecule has 0 aromatic heterocycles. The number of rotatable bonds is 5. The van der Waals surface area contributed by atoms with Crippen LogP contribution in [0.1, 0.15) is 25.7 Å². The van der Waals surface area contributed by atoms with E-state index in [0.717, 1.165) is 58.4 Å². The number of hydrogen-bond donors (Lipinski definition) is 1. The van der Waals surface area contributed by atoms with Crippen LogP contribution in [0.25, 0.3) is 0 Å². The minimum Gasteiger partial charge on any atom is -0.337 e. The van der Waals surface area contributed by atoms with Gasteiger partial charge in [0.25, 0.3) is 0 Å². The summed E-state index contributed by atoms with van der Waals surface area (Å²) < 4.78 is 0. The zero-order valence-electron chi connectivity index (χ0n) is 13.3. The van der Waals surface area contributed by atoms with E-state index in [4.69, 9.17) is 0 Å². The molecule has 2 rings (SSSR count). The van der Waals surface area contributed by atoms with Crippen LogP contribution in [0.3, 0.4) is 0 Å². The van der Waals surface area contributed by atoms with Gasteiger partial charge in [0, 0.05) is 19.1 Å². The molecule has 0 saturated carbocycles. The fraction of sp³-hybridized carbons (Fsp3) is 0.933. The molecule has 0 bridgehead atoms. The van der Waals surface area contributed by atoms with E-state index in [1.165, 1.54) is 0 Å².